The molecule has 2 heteroatoms. The van der Waals surface area contributed by atoms with E-state index in [0.717, 1.165) is 10.6 Å². The summed E-state index contributed by atoms with van der Waals surface area (Å²) in [6, 6.07) is 7.73. The highest BCUT2D eigenvalue weighted by atomic mass is 16.5. The lowest BCUT2D eigenvalue weighted by Crippen LogP contribution is -2.37. The van der Waals surface area contributed by atoms with Gasteiger partial charge in [-0.1, -0.05) is 23.4 Å². The highest BCUT2D eigenvalue weighted by Crippen LogP contribution is 2.24. The number of benzene rings is 1. The normalized spacial score (nSPS) is 12.8. The van der Waals surface area contributed by atoms with Crippen LogP contribution in [0.5, 0.6) is 0 Å². The Labute approximate surface area is 98.2 Å². The summed E-state index contributed by atoms with van der Waals surface area (Å²) in [6.45, 7) is 9.80. The van der Waals surface area contributed by atoms with Gasteiger partial charge in [-0.3, -0.25) is 0 Å². The Kier molecular flexibility index (Phi) is 3.76. The lowest BCUT2D eigenvalue weighted by Gasteiger charge is -2.28. The molecule has 0 aliphatic heterocycles. The molecule has 0 heterocycles. The summed E-state index contributed by atoms with van der Waals surface area (Å²) in [5.41, 5.74) is 2.70. The Morgan fingerprint density at radius 2 is 1.69 bits per heavy atom. The quantitative estimate of drug-likeness (QED) is 0.686. The molecule has 0 fully saturated rings. The number of rotatable bonds is 2. The van der Waals surface area contributed by atoms with Crippen LogP contribution in [0.4, 0.5) is 5.69 Å². The molecule has 1 aromatic carbocycles. The maximum Gasteiger partial charge on any atom is 0.0674 e. The Balaban J connectivity index is 2.96. The standard InChI is InChI=1S/C14H20NO/c1-6-11(2)12-7-9-13(10-8-12)15(16)14(3,4)5/h6-10H,1-5H3/b11-6-. The predicted octanol–water partition coefficient (Wildman–Crippen LogP) is 4.06. The SMILES string of the molecule is C/C=C(/C)c1ccc(N([O])C(C)(C)C)cc1. The van der Waals surface area contributed by atoms with E-state index in [0.29, 0.717) is 5.69 Å². The maximum absolute atomic E-state index is 11.9. The molecule has 0 unspecified atom stereocenters. The first-order chi connectivity index (χ1) is 7.36. The van der Waals surface area contributed by atoms with E-state index < -0.39 is 5.54 Å². The fourth-order valence-corrected chi connectivity index (χ4v) is 1.41. The molecule has 0 bridgehead atoms. The molecule has 1 aromatic rings. The molecular formula is C14H20NO. The van der Waals surface area contributed by atoms with Gasteiger partial charge in [-0.2, -0.15) is 0 Å². The summed E-state index contributed by atoms with van der Waals surface area (Å²) in [5.74, 6) is 0. The minimum atomic E-state index is -0.392. The van der Waals surface area contributed by atoms with Crippen LogP contribution < -0.4 is 5.06 Å². The largest absolute Gasteiger partial charge is 0.215 e. The van der Waals surface area contributed by atoms with Crippen molar-refractivity contribution < 1.29 is 5.21 Å². The van der Waals surface area contributed by atoms with Crippen LogP contribution in [-0.2, 0) is 5.21 Å². The zero-order chi connectivity index (χ0) is 12.3. The van der Waals surface area contributed by atoms with Gasteiger partial charge in [0.1, 0.15) is 0 Å². The van der Waals surface area contributed by atoms with E-state index in [-0.39, 0.29) is 0 Å². The average molecular weight is 218 g/mol. The highest BCUT2D eigenvalue weighted by molar-refractivity contribution is 5.65. The van der Waals surface area contributed by atoms with Crippen LogP contribution in [0.3, 0.4) is 0 Å². The summed E-state index contributed by atoms with van der Waals surface area (Å²) >= 11 is 0. The molecule has 87 valence electrons. The Bertz CT molecular complexity index is 371. The molecule has 0 saturated heterocycles. The zero-order valence-electron chi connectivity index (χ0n) is 10.7. The Morgan fingerprint density at radius 1 is 1.19 bits per heavy atom. The molecule has 0 spiro atoms. The number of nitrogens with zero attached hydrogens (tertiary/aromatic N) is 1. The minimum absolute atomic E-state index is 0.392. The van der Waals surface area contributed by atoms with Crippen LogP contribution in [0.1, 0.15) is 40.2 Å². The van der Waals surface area contributed by atoms with E-state index in [1.54, 1.807) is 0 Å². The third-order valence-electron chi connectivity index (χ3n) is 2.60. The highest BCUT2D eigenvalue weighted by Gasteiger charge is 2.21. The van der Waals surface area contributed by atoms with Gasteiger partial charge in [0, 0.05) is 0 Å². The number of hydroxylamine groups is 1. The fraction of sp³-hybridized carbons (Fsp3) is 0.429. The van der Waals surface area contributed by atoms with Crippen LogP contribution >= 0.6 is 0 Å². The van der Waals surface area contributed by atoms with Crippen LogP contribution in [-0.4, -0.2) is 5.54 Å². The summed E-state index contributed by atoms with van der Waals surface area (Å²) in [5, 5.41) is 13.0. The third kappa shape index (κ3) is 2.86. The van der Waals surface area contributed by atoms with Gasteiger partial charge in [0.15, 0.2) is 0 Å². The van der Waals surface area contributed by atoms with E-state index in [9.17, 15) is 5.21 Å². The second kappa shape index (κ2) is 4.71. The topological polar surface area (TPSA) is 23.1 Å². The summed E-state index contributed by atoms with van der Waals surface area (Å²) in [7, 11) is 0. The van der Waals surface area contributed by atoms with Gasteiger partial charge in [0.05, 0.1) is 11.2 Å². The fourth-order valence-electron chi connectivity index (χ4n) is 1.41. The lowest BCUT2D eigenvalue weighted by molar-refractivity contribution is 0.102. The Hall–Kier alpha value is -1.28. The molecule has 0 N–H and O–H groups in total. The van der Waals surface area contributed by atoms with Crippen molar-refractivity contribution in [3.05, 3.63) is 35.9 Å². The maximum atomic E-state index is 11.9. The molecule has 0 atom stereocenters. The van der Waals surface area contributed by atoms with Gasteiger partial charge >= 0.3 is 0 Å². The van der Waals surface area contributed by atoms with Crippen molar-refractivity contribution in [3.63, 3.8) is 0 Å². The molecule has 1 radical (unpaired) electrons. The predicted molar refractivity (Wildman–Crippen MR) is 68.7 cm³/mol. The van der Waals surface area contributed by atoms with Gasteiger partial charge in [-0.15, -0.1) is 0 Å². The zero-order valence-corrected chi connectivity index (χ0v) is 10.7. The van der Waals surface area contributed by atoms with E-state index in [1.165, 1.54) is 5.57 Å². The summed E-state index contributed by atoms with van der Waals surface area (Å²) in [6.07, 6.45) is 2.06. The first-order valence-corrected chi connectivity index (χ1v) is 5.57. The number of hydrogen-bond donors (Lipinski definition) is 0. The van der Waals surface area contributed by atoms with E-state index in [2.05, 4.69) is 13.0 Å². The van der Waals surface area contributed by atoms with Crippen molar-refractivity contribution in [2.24, 2.45) is 0 Å². The van der Waals surface area contributed by atoms with Gasteiger partial charge in [0.2, 0.25) is 0 Å². The van der Waals surface area contributed by atoms with Gasteiger partial charge in [0.25, 0.3) is 0 Å². The first kappa shape index (κ1) is 12.8. The van der Waals surface area contributed by atoms with Crippen molar-refractivity contribution >= 4 is 11.3 Å². The molecule has 0 saturated carbocycles. The summed E-state index contributed by atoms with van der Waals surface area (Å²) in [4.78, 5) is 0. The first-order valence-electron chi connectivity index (χ1n) is 5.57. The average Bonchev–Trinajstić information content (AvgIpc) is 2.26. The molecule has 0 aliphatic rings. The molecule has 16 heavy (non-hydrogen) atoms. The van der Waals surface area contributed by atoms with E-state index >= 15 is 0 Å². The summed E-state index contributed by atoms with van der Waals surface area (Å²) < 4.78 is 0. The van der Waals surface area contributed by atoms with Crippen LogP contribution in [0.15, 0.2) is 30.3 Å². The second-order valence-electron chi connectivity index (χ2n) is 4.98. The van der Waals surface area contributed by atoms with Crippen molar-refractivity contribution in [1.29, 1.82) is 0 Å². The van der Waals surface area contributed by atoms with Crippen LogP contribution in [0.2, 0.25) is 0 Å². The van der Waals surface area contributed by atoms with E-state index in [4.69, 9.17) is 0 Å². The van der Waals surface area contributed by atoms with Gasteiger partial charge in [-0.05, 0) is 57.9 Å². The molecule has 2 nitrogen and oxygen atoms in total. The molecular weight excluding hydrogens is 198 g/mol. The Morgan fingerprint density at radius 3 is 2.06 bits per heavy atom. The molecule has 0 aromatic heterocycles. The van der Waals surface area contributed by atoms with E-state index in [1.807, 2.05) is 52.0 Å². The van der Waals surface area contributed by atoms with Crippen molar-refractivity contribution in [3.8, 4) is 0 Å². The second-order valence-corrected chi connectivity index (χ2v) is 4.98. The monoisotopic (exact) mass is 218 g/mol. The van der Waals surface area contributed by atoms with Crippen molar-refractivity contribution in [1.82, 2.24) is 0 Å². The molecule has 0 aliphatic carbocycles. The van der Waals surface area contributed by atoms with Crippen molar-refractivity contribution in [2.75, 3.05) is 5.06 Å². The number of allylic oxidation sites excluding steroid dienone is 2. The van der Waals surface area contributed by atoms with Crippen LogP contribution in [0.25, 0.3) is 5.57 Å². The smallest absolute Gasteiger partial charge is 0.0674 e. The third-order valence-corrected chi connectivity index (χ3v) is 2.60. The number of anilines is 1. The van der Waals surface area contributed by atoms with Crippen LogP contribution in [0, 0.1) is 0 Å². The minimum Gasteiger partial charge on any atom is -0.215 e. The van der Waals surface area contributed by atoms with Gasteiger partial charge in [-0.25, -0.2) is 5.06 Å². The molecule has 1 rings (SSSR count). The van der Waals surface area contributed by atoms with Gasteiger partial charge < -0.3 is 0 Å². The lowest BCUT2D eigenvalue weighted by atomic mass is 10.0. The number of hydrogen-bond acceptors (Lipinski definition) is 1. The van der Waals surface area contributed by atoms with Crippen molar-refractivity contribution in [2.45, 2.75) is 40.2 Å². The molecule has 0 amide bonds.